The van der Waals surface area contributed by atoms with Crippen LogP contribution in [0.4, 0.5) is 0 Å². The fraction of sp³-hybridized carbons (Fsp3) is 0.207. The Labute approximate surface area is 210 Å². The molecule has 182 valence electrons. The Morgan fingerprint density at radius 1 is 0.972 bits per heavy atom. The zero-order valence-corrected chi connectivity index (χ0v) is 20.7. The molecule has 0 saturated heterocycles. The molecular formula is C29H29N5O2. The summed E-state index contributed by atoms with van der Waals surface area (Å²) in [5.74, 6) is 0.557. The lowest BCUT2D eigenvalue weighted by Gasteiger charge is -2.08. The van der Waals surface area contributed by atoms with Crippen LogP contribution in [0.3, 0.4) is 0 Å². The first-order valence-electron chi connectivity index (χ1n) is 12.0. The third-order valence-electron chi connectivity index (χ3n) is 6.36. The minimum Gasteiger partial charge on any atom is -0.487 e. The molecule has 0 aliphatic heterocycles. The van der Waals surface area contributed by atoms with Crippen LogP contribution in [0, 0.1) is 20.8 Å². The number of hydrogen-bond acceptors (Lipinski definition) is 4. The molecule has 2 aromatic carbocycles. The molecule has 1 amide bonds. The summed E-state index contributed by atoms with van der Waals surface area (Å²) in [5, 5.41) is 7.70. The highest BCUT2D eigenvalue weighted by Crippen LogP contribution is 2.17. The third-order valence-corrected chi connectivity index (χ3v) is 6.36. The number of ether oxygens (including phenoxy) is 1. The van der Waals surface area contributed by atoms with E-state index in [1.54, 1.807) is 12.1 Å². The van der Waals surface area contributed by atoms with Crippen LogP contribution in [0.25, 0.3) is 5.65 Å². The number of carbonyl (C=O) groups is 1. The van der Waals surface area contributed by atoms with Crippen molar-refractivity contribution in [1.29, 1.82) is 0 Å². The molecule has 7 heteroatoms. The lowest BCUT2D eigenvalue weighted by molar-refractivity contribution is 0.0951. The molecule has 3 aromatic heterocycles. The van der Waals surface area contributed by atoms with E-state index in [0.29, 0.717) is 31.0 Å². The standard InChI is InChI=1S/C29H29N5O2/c1-20-8-7-15-33-18-25(31-28(20)33)19-36-26-13-11-24(12-14-26)29(35)30-16-27-21(2)32-34(22(27)3)17-23-9-5-4-6-10-23/h4-15,18H,16-17,19H2,1-3H3,(H,30,35). The van der Waals surface area contributed by atoms with E-state index in [1.165, 1.54) is 5.56 Å². The van der Waals surface area contributed by atoms with Gasteiger partial charge in [0.1, 0.15) is 18.0 Å². The van der Waals surface area contributed by atoms with E-state index in [4.69, 9.17) is 4.74 Å². The lowest BCUT2D eigenvalue weighted by atomic mass is 10.1. The van der Waals surface area contributed by atoms with Gasteiger partial charge in [-0.05, 0) is 62.2 Å². The Hall–Kier alpha value is -4.39. The van der Waals surface area contributed by atoms with Gasteiger partial charge in [0.05, 0.1) is 17.9 Å². The largest absolute Gasteiger partial charge is 0.487 e. The van der Waals surface area contributed by atoms with Crippen LogP contribution in [0.1, 0.15) is 44.1 Å². The number of aryl methyl sites for hydroxylation is 2. The van der Waals surface area contributed by atoms with E-state index in [-0.39, 0.29) is 5.91 Å². The molecule has 0 saturated carbocycles. The van der Waals surface area contributed by atoms with Crippen molar-refractivity contribution in [3.63, 3.8) is 0 Å². The molecule has 1 N–H and O–H groups in total. The molecule has 0 aliphatic rings. The molecule has 0 fully saturated rings. The van der Waals surface area contributed by atoms with Crippen molar-refractivity contribution in [2.24, 2.45) is 0 Å². The zero-order chi connectivity index (χ0) is 25.1. The van der Waals surface area contributed by atoms with E-state index in [1.807, 2.05) is 84.7 Å². The second-order valence-electron chi connectivity index (χ2n) is 8.94. The summed E-state index contributed by atoms with van der Waals surface area (Å²) in [6.07, 6.45) is 3.94. The van der Waals surface area contributed by atoms with Crippen LogP contribution in [-0.4, -0.2) is 25.1 Å². The van der Waals surface area contributed by atoms with E-state index < -0.39 is 0 Å². The Kier molecular flexibility index (Phi) is 6.54. The highest BCUT2D eigenvalue weighted by molar-refractivity contribution is 5.94. The maximum absolute atomic E-state index is 12.8. The number of nitrogens with zero attached hydrogens (tertiary/aromatic N) is 4. The smallest absolute Gasteiger partial charge is 0.251 e. The molecule has 0 aliphatic carbocycles. The second-order valence-corrected chi connectivity index (χ2v) is 8.94. The first kappa shape index (κ1) is 23.4. The molecule has 3 heterocycles. The average Bonchev–Trinajstić information content (AvgIpc) is 3.43. The van der Waals surface area contributed by atoms with Crippen molar-refractivity contribution in [2.45, 2.75) is 40.5 Å². The Morgan fingerprint density at radius 3 is 2.50 bits per heavy atom. The summed E-state index contributed by atoms with van der Waals surface area (Å²) in [6.45, 7) is 7.55. The van der Waals surface area contributed by atoms with E-state index in [0.717, 1.165) is 33.9 Å². The van der Waals surface area contributed by atoms with Crippen molar-refractivity contribution in [2.75, 3.05) is 0 Å². The topological polar surface area (TPSA) is 73.5 Å². The summed E-state index contributed by atoms with van der Waals surface area (Å²) in [4.78, 5) is 17.4. The number of nitrogens with one attached hydrogen (secondary N) is 1. The molecule has 0 unspecified atom stereocenters. The monoisotopic (exact) mass is 479 g/mol. The van der Waals surface area contributed by atoms with Crippen LogP contribution in [0.2, 0.25) is 0 Å². The van der Waals surface area contributed by atoms with Gasteiger partial charge in [0, 0.05) is 35.8 Å². The number of pyridine rings is 1. The number of amides is 1. The van der Waals surface area contributed by atoms with Crippen molar-refractivity contribution in [1.82, 2.24) is 24.5 Å². The van der Waals surface area contributed by atoms with Crippen molar-refractivity contribution in [3.05, 3.63) is 118 Å². The van der Waals surface area contributed by atoms with Crippen LogP contribution >= 0.6 is 0 Å². The molecule has 0 atom stereocenters. The number of aromatic nitrogens is 4. The summed E-state index contributed by atoms with van der Waals surface area (Å²) in [5.41, 5.74) is 7.70. The third kappa shape index (κ3) is 5.00. The highest BCUT2D eigenvalue weighted by atomic mass is 16.5. The first-order chi connectivity index (χ1) is 17.5. The Balaban J connectivity index is 1.18. The van der Waals surface area contributed by atoms with Crippen LogP contribution in [0.5, 0.6) is 5.75 Å². The lowest BCUT2D eigenvalue weighted by Crippen LogP contribution is -2.23. The quantitative estimate of drug-likeness (QED) is 0.339. The molecule has 5 aromatic rings. The molecule has 0 spiro atoms. The zero-order valence-electron chi connectivity index (χ0n) is 20.7. The predicted molar refractivity (Wildman–Crippen MR) is 139 cm³/mol. The maximum Gasteiger partial charge on any atom is 0.251 e. The van der Waals surface area contributed by atoms with Gasteiger partial charge in [-0.15, -0.1) is 0 Å². The molecule has 7 nitrogen and oxygen atoms in total. The number of carbonyl (C=O) groups excluding carboxylic acids is 1. The van der Waals surface area contributed by atoms with Gasteiger partial charge in [0.2, 0.25) is 0 Å². The molecule has 36 heavy (non-hydrogen) atoms. The van der Waals surface area contributed by atoms with Crippen LogP contribution in [0.15, 0.2) is 79.1 Å². The van der Waals surface area contributed by atoms with Gasteiger partial charge in [-0.1, -0.05) is 36.4 Å². The van der Waals surface area contributed by atoms with Gasteiger partial charge in [0.15, 0.2) is 0 Å². The van der Waals surface area contributed by atoms with Crippen LogP contribution in [-0.2, 0) is 19.7 Å². The van der Waals surface area contributed by atoms with Crippen molar-refractivity contribution < 1.29 is 9.53 Å². The minimum absolute atomic E-state index is 0.132. The van der Waals surface area contributed by atoms with Gasteiger partial charge in [-0.3, -0.25) is 9.48 Å². The fourth-order valence-electron chi connectivity index (χ4n) is 4.30. The Bertz CT molecular complexity index is 1500. The number of fused-ring (bicyclic) bond motifs is 1. The summed E-state index contributed by atoms with van der Waals surface area (Å²) in [7, 11) is 0. The highest BCUT2D eigenvalue weighted by Gasteiger charge is 2.14. The summed E-state index contributed by atoms with van der Waals surface area (Å²) >= 11 is 0. The van der Waals surface area contributed by atoms with E-state index in [2.05, 4.69) is 27.5 Å². The average molecular weight is 480 g/mol. The SMILES string of the molecule is Cc1nn(Cc2ccccc2)c(C)c1CNC(=O)c1ccc(OCc2cn3cccc(C)c3n2)cc1. The normalized spacial score (nSPS) is 11.1. The predicted octanol–water partition coefficient (Wildman–Crippen LogP) is 5.01. The first-order valence-corrected chi connectivity index (χ1v) is 12.0. The number of imidazole rings is 1. The molecule has 5 rings (SSSR count). The fourth-order valence-corrected chi connectivity index (χ4v) is 4.30. The van der Waals surface area contributed by atoms with Crippen LogP contribution < -0.4 is 10.1 Å². The van der Waals surface area contributed by atoms with Gasteiger partial charge < -0.3 is 14.5 Å². The Morgan fingerprint density at radius 2 is 1.75 bits per heavy atom. The summed E-state index contributed by atoms with van der Waals surface area (Å²) in [6, 6.07) is 21.4. The van der Waals surface area contributed by atoms with Crippen molar-refractivity contribution >= 4 is 11.6 Å². The molecular weight excluding hydrogens is 450 g/mol. The van der Waals surface area contributed by atoms with Gasteiger partial charge in [-0.25, -0.2) is 4.98 Å². The number of hydrogen-bond donors (Lipinski definition) is 1. The molecule has 0 bridgehead atoms. The minimum atomic E-state index is -0.132. The molecule has 0 radical (unpaired) electrons. The second kappa shape index (κ2) is 10.1. The maximum atomic E-state index is 12.8. The van der Waals surface area contributed by atoms with Crippen molar-refractivity contribution in [3.8, 4) is 5.75 Å². The number of rotatable bonds is 8. The summed E-state index contributed by atoms with van der Waals surface area (Å²) < 4.78 is 9.88. The van der Waals surface area contributed by atoms with Gasteiger partial charge in [0.25, 0.3) is 5.91 Å². The van der Waals surface area contributed by atoms with E-state index in [9.17, 15) is 4.79 Å². The van der Waals surface area contributed by atoms with Gasteiger partial charge in [-0.2, -0.15) is 5.10 Å². The van der Waals surface area contributed by atoms with Gasteiger partial charge >= 0.3 is 0 Å². The number of benzene rings is 2. The van der Waals surface area contributed by atoms with E-state index >= 15 is 0 Å².